The number of anilines is 1. The summed E-state index contributed by atoms with van der Waals surface area (Å²) in [6.45, 7) is 0. The molecule has 1 fully saturated rings. The molecule has 2 amide bonds. The van der Waals surface area contributed by atoms with E-state index in [4.69, 9.17) is 18.6 Å². The van der Waals surface area contributed by atoms with Crippen LogP contribution in [-0.2, 0) is 4.79 Å². The fraction of sp³-hybridized carbons (Fsp3) is 0.333. The Morgan fingerprint density at radius 3 is 2.09 bits per heavy atom. The van der Waals surface area contributed by atoms with Crippen molar-refractivity contribution in [3.8, 4) is 17.2 Å². The molecule has 35 heavy (non-hydrogen) atoms. The van der Waals surface area contributed by atoms with Crippen LogP contribution in [0.1, 0.15) is 47.8 Å². The Kier molecular flexibility index (Phi) is 7.60. The van der Waals surface area contributed by atoms with Gasteiger partial charge in [0.15, 0.2) is 5.76 Å². The van der Waals surface area contributed by atoms with E-state index in [0.29, 0.717) is 28.5 Å². The zero-order valence-electron chi connectivity index (χ0n) is 20.2. The van der Waals surface area contributed by atoms with Crippen molar-refractivity contribution in [1.29, 1.82) is 0 Å². The molecule has 8 nitrogen and oxygen atoms in total. The average Bonchev–Trinajstić information content (AvgIpc) is 3.61. The predicted octanol–water partition coefficient (Wildman–Crippen LogP) is 4.75. The van der Waals surface area contributed by atoms with Gasteiger partial charge < -0.3 is 23.9 Å². The lowest BCUT2D eigenvalue weighted by Crippen LogP contribution is -2.46. The second kappa shape index (κ2) is 11.0. The van der Waals surface area contributed by atoms with Gasteiger partial charge >= 0.3 is 0 Å². The Labute approximate surface area is 204 Å². The molecule has 0 saturated heterocycles. The molecule has 1 N–H and O–H groups in total. The average molecular weight is 479 g/mol. The van der Waals surface area contributed by atoms with E-state index in [1.807, 2.05) is 0 Å². The number of furan rings is 1. The van der Waals surface area contributed by atoms with Crippen molar-refractivity contribution in [2.24, 2.45) is 0 Å². The van der Waals surface area contributed by atoms with Crippen LogP contribution in [0.15, 0.2) is 65.3 Å². The van der Waals surface area contributed by atoms with Gasteiger partial charge in [-0.1, -0.05) is 25.0 Å². The third kappa shape index (κ3) is 5.42. The van der Waals surface area contributed by atoms with Crippen LogP contribution in [0.25, 0.3) is 0 Å². The topological polar surface area (TPSA) is 90.2 Å². The second-order valence-corrected chi connectivity index (χ2v) is 8.39. The van der Waals surface area contributed by atoms with E-state index in [0.717, 1.165) is 25.7 Å². The van der Waals surface area contributed by atoms with Crippen LogP contribution in [0, 0.1) is 0 Å². The van der Waals surface area contributed by atoms with Gasteiger partial charge in [-0.15, -0.1) is 0 Å². The van der Waals surface area contributed by atoms with Crippen LogP contribution in [0.3, 0.4) is 0 Å². The van der Waals surface area contributed by atoms with Crippen LogP contribution < -0.4 is 24.4 Å². The molecule has 1 aliphatic rings. The maximum Gasteiger partial charge on any atom is 0.294 e. The van der Waals surface area contributed by atoms with Crippen LogP contribution >= 0.6 is 0 Å². The van der Waals surface area contributed by atoms with Gasteiger partial charge in [0, 0.05) is 24.2 Å². The molecule has 1 aromatic heterocycles. The quantitative estimate of drug-likeness (QED) is 0.477. The first-order valence-electron chi connectivity index (χ1n) is 11.6. The summed E-state index contributed by atoms with van der Waals surface area (Å²) < 4.78 is 21.6. The molecule has 0 radical (unpaired) electrons. The Morgan fingerprint density at radius 1 is 0.914 bits per heavy atom. The Morgan fingerprint density at radius 2 is 1.54 bits per heavy atom. The number of rotatable bonds is 9. The highest BCUT2D eigenvalue weighted by Crippen LogP contribution is 2.36. The number of amides is 2. The van der Waals surface area contributed by atoms with Crippen molar-refractivity contribution in [2.45, 2.75) is 37.8 Å². The first kappa shape index (κ1) is 24.2. The van der Waals surface area contributed by atoms with E-state index >= 15 is 0 Å². The van der Waals surface area contributed by atoms with Gasteiger partial charge in [0.1, 0.15) is 23.3 Å². The van der Waals surface area contributed by atoms with Gasteiger partial charge in [0.25, 0.3) is 5.91 Å². The maximum atomic E-state index is 13.8. The number of benzene rings is 2. The SMILES string of the molecule is COc1ccc(C(C(=O)NC2CCCC2)N(C(=O)c2ccco2)c2cc(OC)cc(OC)c2)cc1. The van der Waals surface area contributed by atoms with Crippen molar-refractivity contribution in [1.82, 2.24) is 5.32 Å². The molecule has 2 aromatic carbocycles. The zero-order chi connectivity index (χ0) is 24.8. The number of hydrogen-bond acceptors (Lipinski definition) is 6. The summed E-state index contributed by atoms with van der Waals surface area (Å²) in [7, 11) is 4.64. The molecule has 1 saturated carbocycles. The lowest BCUT2D eigenvalue weighted by atomic mass is 10.0. The fourth-order valence-electron chi connectivity index (χ4n) is 4.39. The highest BCUT2D eigenvalue weighted by atomic mass is 16.5. The van der Waals surface area contributed by atoms with Gasteiger partial charge in [-0.25, -0.2) is 0 Å². The molecule has 184 valence electrons. The summed E-state index contributed by atoms with van der Waals surface area (Å²) in [6, 6.07) is 14.5. The first-order chi connectivity index (χ1) is 17.0. The smallest absolute Gasteiger partial charge is 0.294 e. The van der Waals surface area contributed by atoms with E-state index in [1.54, 1.807) is 61.7 Å². The summed E-state index contributed by atoms with van der Waals surface area (Å²) >= 11 is 0. The minimum atomic E-state index is -0.976. The van der Waals surface area contributed by atoms with Gasteiger partial charge in [-0.2, -0.15) is 0 Å². The van der Waals surface area contributed by atoms with E-state index in [-0.39, 0.29) is 17.7 Å². The van der Waals surface area contributed by atoms with Crippen molar-refractivity contribution >= 4 is 17.5 Å². The zero-order valence-corrected chi connectivity index (χ0v) is 20.2. The van der Waals surface area contributed by atoms with E-state index in [1.165, 1.54) is 25.4 Å². The van der Waals surface area contributed by atoms with Crippen LogP contribution in [0.2, 0.25) is 0 Å². The summed E-state index contributed by atoms with van der Waals surface area (Å²) in [6.07, 6.45) is 5.40. The number of carbonyl (C=O) groups excluding carboxylic acids is 2. The van der Waals surface area contributed by atoms with Crippen molar-refractivity contribution < 1.29 is 28.2 Å². The number of ether oxygens (including phenoxy) is 3. The van der Waals surface area contributed by atoms with E-state index in [2.05, 4.69) is 5.32 Å². The minimum absolute atomic E-state index is 0.0728. The molecular formula is C27H30N2O6. The van der Waals surface area contributed by atoms with Crippen molar-refractivity contribution in [3.05, 3.63) is 72.2 Å². The van der Waals surface area contributed by atoms with Crippen molar-refractivity contribution in [2.75, 3.05) is 26.2 Å². The monoisotopic (exact) mass is 478 g/mol. The molecule has 4 rings (SSSR count). The Hall–Kier alpha value is -3.94. The summed E-state index contributed by atoms with van der Waals surface area (Å²) in [5, 5.41) is 3.16. The molecule has 1 unspecified atom stereocenters. The lowest BCUT2D eigenvalue weighted by Gasteiger charge is -2.32. The predicted molar refractivity (Wildman–Crippen MR) is 131 cm³/mol. The molecule has 0 aliphatic heterocycles. The molecule has 0 spiro atoms. The van der Waals surface area contributed by atoms with Gasteiger partial charge in [-0.05, 0) is 42.7 Å². The minimum Gasteiger partial charge on any atom is -0.497 e. The first-order valence-corrected chi connectivity index (χ1v) is 11.6. The third-order valence-electron chi connectivity index (χ3n) is 6.20. The summed E-state index contributed by atoms with van der Waals surface area (Å²) in [5.74, 6) is 0.994. The molecule has 1 aliphatic carbocycles. The number of nitrogens with one attached hydrogen (secondary N) is 1. The van der Waals surface area contributed by atoms with Crippen LogP contribution in [0.4, 0.5) is 5.69 Å². The van der Waals surface area contributed by atoms with E-state index < -0.39 is 11.9 Å². The maximum absolute atomic E-state index is 13.8. The van der Waals surface area contributed by atoms with Gasteiger partial charge in [0.2, 0.25) is 5.91 Å². The lowest BCUT2D eigenvalue weighted by molar-refractivity contribution is -0.123. The normalized spacial score (nSPS) is 14.3. The number of nitrogens with zero attached hydrogens (tertiary/aromatic N) is 1. The summed E-state index contributed by atoms with van der Waals surface area (Å²) in [5.41, 5.74) is 1.06. The fourth-order valence-corrected chi connectivity index (χ4v) is 4.39. The van der Waals surface area contributed by atoms with Crippen molar-refractivity contribution in [3.63, 3.8) is 0 Å². The number of methoxy groups -OCH3 is 3. The van der Waals surface area contributed by atoms with Crippen LogP contribution in [0.5, 0.6) is 17.2 Å². The Balaban J connectivity index is 1.85. The number of carbonyl (C=O) groups is 2. The molecule has 1 heterocycles. The summed E-state index contributed by atoms with van der Waals surface area (Å²) in [4.78, 5) is 29.1. The molecule has 3 aromatic rings. The Bertz CT molecular complexity index is 1110. The van der Waals surface area contributed by atoms with Gasteiger partial charge in [-0.3, -0.25) is 14.5 Å². The highest BCUT2D eigenvalue weighted by molar-refractivity contribution is 6.09. The molecule has 8 heteroatoms. The van der Waals surface area contributed by atoms with E-state index in [9.17, 15) is 9.59 Å². The molecular weight excluding hydrogens is 448 g/mol. The third-order valence-corrected chi connectivity index (χ3v) is 6.20. The standard InChI is InChI=1S/C27H30N2O6/c1-32-21-12-10-18(11-13-21)25(26(30)28-19-7-4-5-8-19)29(27(31)24-9-6-14-35-24)20-15-22(33-2)17-23(16-20)34-3/h6,9-17,19,25H,4-5,7-8H2,1-3H3,(H,28,30). The second-order valence-electron chi connectivity index (χ2n) is 8.39. The molecule has 0 bridgehead atoms. The van der Waals surface area contributed by atoms with Crippen LogP contribution in [-0.4, -0.2) is 39.2 Å². The highest BCUT2D eigenvalue weighted by Gasteiger charge is 2.36. The number of hydrogen-bond donors (Lipinski definition) is 1. The molecule has 1 atom stereocenters. The van der Waals surface area contributed by atoms with Gasteiger partial charge in [0.05, 0.1) is 33.3 Å². The largest absolute Gasteiger partial charge is 0.497 e.